The highest BCUT2D eigenvalue weighted by molar-refractivity contribution is 9.11. The molecule has 0 amide bonds. The molecule has 1 aliphatic heterocycles. The predicted octanol–water partition coefficient (Wildman–Crippen LogP) is 6.22. The summed E-state index contributed by atoms with van der Waals surface area (Å²) in [7, 11) is 0. The van der Waals surface area contributed by atoms with Crippen molar-refractivity contribution in [3.63, 3.8) is 0 Å². The Morgan fingerprint density at radius 2 is 1.48 bits per heavy atom. The van der Waals surface area contributed by atoms with E-state index in [4.69, 9.17) is 10.5 Å². The number of aromatic amines is 1. The van der Waals surface area contributed by atoms with E-state index in [9.17, 15) is 10.1 Å². The quantitative estimate of drug-likeness (QED) is 0.243. The first-order valence-electron chi connectivity index (χ1n) is 9.91. The van der Waals surface area contributed by atoms with E-state index in [0.717, 1.165) is 35.7 Å². The maximum absolute atomic E-state index is 13.7. The number of allylic oxidation sites excluding steroid dienone is 1. The van der Waals surface area contributed by atoms with Crippen molar-refractivity contribution in [2.45, 2.75) is 5.41 Å². The van der Waals surface area contributed by atoms with Crippen LogP contribution < -0.4 is 16.0 Å². The summed E-state index contributed by atoms with van der Waals surface area (Å²) >= 11 is 10.7. The number of ether oxygens (including phenoxy) is 1. The molecular weight excluding hydrogens is 614 g/mol. The molecule has 33 heavy (non-hydrogen) atoms. The molecule has 5 nitrogen and oxygen atoms in total. The molecule has 3 N–H and O–H groups in total. The van der Waals surface area contributed by atoms with Crippen LogP contribution in [-0.4, -0.2) is 4.98 Å². The average molecular weight is 626 g/mol. The van der Waals surface area contributed by atoms with E-state index in [1.807, 2.05) is 48.5 Å². The van der Waals surface area contributed by atoms with Crippen LogP contribution in [0.3, 0.4) is 0 Å². The Labute approximate surface area is 213 Å². The van der Waals surface area contributed by atoms with Gasteiger partial charge in [-0.05, 0) is 64.7 Å². The highest BCUT2D eigenvalue weighted by atomic mass is 79.9. The van der Waals surface area contributed by atoms with Crippen molar-refractivity contribution in [2.24, 2.45) is 5.73 Å². The molecule has 2 aliphatic rings. The van der Waals surface area contributed by atoms with E-state index in [1.165, 1.54) is 0 Å². The summed E-state index contributed by atoms with van der Waals surface area (Å²) in [6, 6.07) is 19.6. The SMILES string of the molecule is N#CC1=C(N)Oc2c(c(=O)[nH]c3ccc(Br)cc23)C12c1cc(Br)ccc1-c1ccc(Br)cc12. The van der Waals surface area contributed by atoms with Crippen molar-refractivity contribution in [3.05, 3.63) is 107 Å². The van der Waals surface area contributed by atoms with Gasteiger partial charge < -0.3 is 15.5 Å². The van der Waals surface area contributed by atoms with Crippen LogP contribution in [0.4, 0.5) is 0 Å². The van der Waals surface area contributed by atoms with Crippen LogP contribution in [0, 0.1) is 11.3 Å². The van der Waals surface area contributed by atoms with Crippen molar-refractivity contribution in [3.8, 4) is 22.9 Å². The van der Waals surface area contributed by atoms with E-state index < -0.39 is 5.41 Å². The smallest absolute Gasteiger partial charge is 0.257 e. The van der Waals surface area contributed by atoms with Crippen molar-refractivity contribution in [1.29, 1.82) is 5.26 Å². The van der Waals surface area contributed by atoms with Gasteiger partial charge in [0.2, 0.25) is 5.88 Å². The molecule has 0 bridgehead atoms. The van der Waals surface area contributed by atoms with E-state index in [1.54, 1.807) is 6.07 Å². The molecule has 6 rings (SSSR count). The molecule has 0 fully saturated rings. The minimum atomic E-state index is -1.23. The minimum Gasteiger partial charge on any atom is -0.439 e. The summed E-state index contributed by atoms with van der Waals surface area (Å²) in [6.45, 7) is 0. The van der Waals surface area contributed by atoms with Crippen LogP contribution in [0.15, 0.2) is 84.3 Å². The van der Waals surface area contributed by atoms with Gasteiger partial charge in [0.05, 0.1) is 16.5 Å². The zero-order valence-electron chi connectivity index (χ0n) is 16.7. The van der Waals surface area contributed by atoms with Gasteiger partial charge in [0.1, 0.15) is 17.4 Å². The number of benzene rings is 3. The number of aromatic nitrogens is 1. The van der Waals surface area contributed by atoms with Crippen molar-refractivity contribution < 1.29 is 4.74 Å². The normalized spacial score (nSPS) is 15.1. The first-order chi connectivity index (χ1) is 15.9. The maximum Gasteiger partial charge on any atom is 0.257 e. The summed E-state index contributed by atoms with van der Waals surface area (Å²) in [5, 5.41) is 11.0. The average Bonchev–Trinajstić information content (AvgIpc) is 3.04. The molecule has 1 aromatic heterocycles. The Bertz CT molecular complexity index is 1630. The standard InChI is InChI=1S/C25H12Br3N3O2/c26-11-3-6-20-16(7-11)22-21(24(32)31-20)25(19(10-29)23(30)33-22)17-8-12(27)1-4-14(17)15-5-2-13(28)9-18(15)25/h1-9H,30H2,(H,31,32). The van der Waals surface area contributed by atoms with Gasteiger partial charge in [0, 0.05) is 18.8 Å². The molecule has 0 saturated heterocycles. The minimum absolute atomic E-state index is 0.0179. The Morgan fingerprint density at radius 3 is 2.09 bits per heavy atom. The van der Waals surface area contributed by atoms with Gasteiger partial charge >= 0.3 is 0 Å². The van der Waals surface area contributed by atoms with Gasteiger partial charge in [-0.3, -0.25) is 4.79 Å². The topological polar surface area (TPSA) is 91.9 Å². The van der Waals surface area contributed by atoms with Gasteiger partial charge in [-0.25, -0.2) is 0 Å². The Balaban J connectivity index is 1.91. The number of pyridine rings is 1. The van der Waals surface area contributed by atoms with Crippen LogP contribution in [-0.2, 0) is 5.41 Å². The highest BCUT2D eigenvalue weighted by Gasteiger charge is 2.55. The molecule has 4 aromatic rings. The first-order valence-corrected chi connectivity index (χ1v) is 12.3. The molecule has 3 aromatic carbocycles. The van der Waals surface area contributed by atoms with Gasteiger partial charge in [-0.1, -0.05) is 59.9 Å². The van der Waals surface area contributed by atoms with Crippen LogP contribution in [0.25, 0.3) is 22.0 Å². The number of nitrogens with zero attached hydrogens (tertiary/aromatic N) is 1. The fraction of sp³-hybridized carbons (Fsp3) is 0.0400. The summed E-state index contributed by atoms with van der Waals surface area (Å²) < 4.78 is 8.52. The lowest BCUT2D eigenvalue weighted by molar-refractivity contribution is 0.384. The maximum atomic E-state index is 13.7. The van der Waals surface area contributed by atoms with Gasteiger partial charge in [-0.15, -0.1) is 0 Å². The number of halogens is 3. The Kier molecular flexibility index (Phi) is 4.44. The highest BCUT2D eigenvalue weighted by Crippen LogP contribution is 2.60. The van der Waals surface area contributed by atoms with E-state index >= 15 is 0 Å². The lowest BCUT2D eigenvalue weighted by Gasteiger charge is -2.37. The summed E-state index contributed by atoms with van der Waals surface area (Å²) in [5.74, 6) is 0.334. The second kappa shape index (κ2) is 7.07. The molecule has 160 valence electrons. The zero-order chi connectivity index (χ0) is 23.1. The number of nitrogens with two attached hydrogens (primary N) is 1. The Hall–Kier alpha value is -2.86. The third-order valence-electron chi connectivity index (χ3n) is 6.31. The predicted molar refractivity (Wildman–Crippen MR) is 137 cm³/mol. The molecular formula is C25H12Br3N3O2. The van der Waals surface area contributed by atoms with E-state index in [-0.39, 0.29) is 17.0 Å². The summed E-state index contributed by atoms with van der Waals surface area (Å²) in [6.07, 6.45) is 0. The number of hydrogen-bond acceptors (Lipinski definition) is 4. The van der Waals surface area contributed by atoms with Gasteiger partial charge in [-0.2, -0.15) is 5.26 Å². The largest absolute Gasteiger partial charge is 0.439 e. The lowest BCUT2D eigenvalue weighted by atomic mass is 9.66. The van der Waals surface area contributed by atoms with Crippen LogP contribution in [0.2, 0.25) is 0 Å². The Morgan fingerprint density at radius 1 is 0.909 bits per heavy atom. The molecule has 1 aliphatic carbocycles. The number of nitrogens with one attached hydrogen (secondary N) is 1. The fourth-order valence-electron chi connectivity index (χ4n) is 5.10. The third kappa shape index (κ3) is 2.64. The summed E-state index contributed by atoms with van der Waals surface area (Å²) in [4.78, 5) is 16.7. The number of hydrogen-bond donors (Lipinski definition) is 2. The monoisotopic (exact) mass is 623 g/mol. The first kappa shape index (κ1) is 20.7. The van der Waals surface area contributed by atoms with Gasteiger partial charge in [0.25, 0.3) is 5.56 Å². The number of nitriles is 1. The second-order valence-corrected chi connectivity index (χ2v) is 10.7. The summed E-state index contributed by atoms with van der Waals surface area (Å²) in [5.41, 5.74) is 9.47. The third-order valence-corrected chi connectivity index (χ3v) is 7.79. The lowest BCUT2D eigenvalue weighted by Crippen LogP contribution is -2.41. The molecule has 0 unspecified atom stereocenters. The fourth-order valence-corrected chi connectivity index (χ4v) is 6.18. The number of fused-ring (bicyclic) bond motifs is 9. The molecule has 0 radical (unpaired) electrons. The van der Waals surface area contributed by atoms with Crippen molar-refractivity contribution in [1.82, 2.24) is 4.98 Å². The van der Waals surface area contributed by atoms with E-state index in [2.05, 4.69) is 58.8 Å². The number of H-pyrrole nitrogens is 1. The zero-order valence-corrected chi connectivity index (χ0v) is 21.4. The van der Waals surface area contributed by atoms with Crippen molar-refractivity contribution in [2.75, 3.05) is 0 Å². The molecule has 0 atom stereocenters. The van der Waals surface area contributed by atoms with E-state index in [0.29, 0.717) is 22.2 Å². The second-order valence-electron chi connectivity index (χ2n) is 7.93. The van der Waals surface area contributed by atoms with Crippen LogP contribution in [0.1, 0.15) is 16.7 Å². The molecule has 1 spiro atoms. The molecule has 0 saturated carbocycles. The molecule has 8 heteroatoms. The van der Waals surface area contributed by atoms with Crippen LogP contribution in [0.5, 0.6) is 5.75 Å². The van der Waals surface area contributed by atoms with Crippen molar-refractivity contribution >= 4 is 58.7 Å². The molecule has 2 heterocycles. The van der Waals surface area contributed by atoms with Crippen LogP contribution >= 0.6 is 47.8 Å². The number of rotatable bonds is 0. The van der Waals surface area contributed by atoms with Gasteiger partial charge in [0.15, 0.2) is 0 Å².